The third kappa shape index (κ3) is 519. The van der Waals surface area contributed by atoms with E-state index in [2.05, 4.69) is 0 Å². The van der Waals surface area contributed by atoms with E-state index in [0.29, 0.717) is 13.1 Å². The first-order valence-corrected chi connectivity index (χ1v) is 5.91. The van der Waals surface area contributed by atoms with Crippen molar-refractivity contribution in [1.29, 1.82) is 0 Å². The first kappa shape index (κ1) is 49.5. The Bertz CT molecular complexity index is 173. The van der Waals surface area contributed by atoms with Crippen LogP contribution in [-0.2, 0) is 30.2 Å². The fourth-order valence-electron chi connectivity index (χ4n) is 0. The summed E-state index contributed by atoms with van der Waals surface area (Å²) in [5.74, 6) is 0. The van der Waals surface area contributed by atoms with Gasteiger partial charge in [0.2, 0.25) is 0 Å². The molecule has 0 atom stereocenters. The van der Waals surface area contributed by atoms with Crippen molar-refractivity contribution in [2.24, 2.45) is 11.5 Å². The molecule has 12 nitrogen and oxygen atoms in total. The van der Waals surface area contributed by atoms with Crippen LogP contribution < -0.4 is 80.4 Å². The molecule has 0 heterocycles. The predicted molar refractivity (Wildman–Crippen MR) is 46.1 cm³/mol. The molecule has 0 amide bonds. The number of hydrogen-bond donors (Lipinski definition) is 6. The summed E-state index contributed by atoms with van der Waals surface area (Å²) < 4.78 is 17.5. The molecule has 0 aliphatic carbocycles. The van der Waals surface area contributed by atoms with Crippen molar-refractivity contribution >= 4 is 15.6 Å². The zero-order valence-corrected chi connectivity index (χ0v) is 18.2. The van der Waals surface area contributed by atoms with Crippen LogP contribution >= 0.6 is 15.6 Å². The number of nitrogens with two attached hydrogens (primary N) is 2. The van der Waals surface area contributed by atoms with Crippen LogP contribution in [0.4, 0.5) is 0 Å². The fraction of sp³-hybridized carbons (Fsp3) is 1.00. The van der Waals surface area contributed by atoms with Gasteiger partial charge in [-0.3, -0.25) is 9.13 Å². The van der Waals surface area contributed by atoms with Crippen LogP contribution in [0.1, 0.15) is 0 Å². The topological polar surface area (TPSA) is 273 Å². The summed E-state index contributed by atoms with van der Waals surface area (Å²) in [7, 11) is -9.78. The van der Waals surface area contributed by atoms with Gasteiger partial charge >= 0.3 is 80.2 Å². The summed E-state index contributed by atoms with van der Waals surface area (Å²) in [6.07, 6.45) is 0. The summed E-state index contributed by atoms with van der Waals surface area (Å²) in [4.78, 5) is 45.8. The van der Waals surface area contributed by atoms with Crippen LogP contribution in [0.25, 0.3) is 0 Å². The summed E-state index contributed by atoms with van der Waals surface area (Å²) in [6.45, 7) is 1.19. The van der Waals surface area contributed by atoms with E-state index in [9.17, 15) is 0 Å². The average molecular weight is 529 g/mol. The van der Waals surface area contributed by atoms with E-state index in [-0.39, 0.29) is 91.1 Å². The number of hydrogen-bond acceptors (Lipinski definition) is 8. The van der Waals surface area contributed by atoms with Crippen molar-refractivity contribution in [3.63, 3.8) is 0 Å². The quantitative estimate of drug-likeness (QED) is 0.137. The Labute approximate surface area is 168 Å². The molecule has 0 aliphatic rings. The Hall–Kier alpha value is 2.75. The predicted octanol–water partition coefficient (Wildman–Crippen LogP) is -10.6. The SMILES string of the molecule is NCCN.O=P([O-])(O)O.O=P([O-])(O)O.[Na+].[Na+].[OH-].[OH-].[Pt+2]. The minimum absolute atomic E-state index is 0. The molecular weight excluding hydrogens is 515 g/mol. The van der Waals surface area contributed by atoms with Crippen LogP contribution in [0, 0.1) is 0 Å². The van der Waals surface area contributed by atoms with E-state index in [1.165, 1.54) is 0 Å². The molecule has 0 aromatic carbocycles. The van der Waals surface area contributed by atoms with Crippen LogP contribution in [-0.4, -0.2) is 43.6 Å². The van der Waals surface area contributed by atoms with E-state index in [1.807, 2.05) is 0 Å². The van der Waals surface area contributed by atoms with Crippen LogP contribution in [0.5, 0.6) is 0 Å². The minimum Gasteiger partial charge on any atom is -0.870 e. The van der Waals surface area contributed by atoms with Crippen molar-refractivity contribution < 1.29 is 130 Å². The monoisotopic (exact) mass is 529 g/mol. The van der Waals surface area contributed by atoms with Gasteiger partial charge in [0.15, 0.2) is 0 Å². The molecule has 19 heavy (non-hydrogen) atoms. The van der Waals surface area contributed by atoms with E-state index in [4.69, 9.17) is 50.0 Å². The molecule has 0 rings (SSSR count). The molecule has 0 aliphatic heterocycles. The van der Waals surface area contributed by atoms with Gasteiger partial charge in [-0.05, 0) is 0 Å². The first-order valence-electron chi connectivity index (χ1n) is 2.85. The molecule has 0 spiro atoms. The molecule has 0 saturated carbocycles. The molecule has 10 N–H and O–H groups in total. The zero-order chi connectivity index (χ0) is 12.4. The molecule has 17 heteroatoms. The van der Waals surface area contributed by atoms with Crippen LogP contribution in [0.15, 0.2) is 0 Å². The summed E-state index contributed by atoms with van der Waals surface area (Å²) in [6, 6.07) is 0. The van der Waals surface area contributed by atoms with Crippen LogP contribution in [0.2, 0.25) is 0 Å². The van der Waals surface area contributed by atoms with Crippen molar-refractivity contribution in [3.8, 4) is 0 Å². The summed E-state index contributed by atoms with van der Waals surface area (Å²) in [5.41, 5.74) is 9.81. The molecule has 0 bridgehead atoms. The van der Waals surface area contributed by atoms with Crippen molar-refractivity contribution in [2.45, 2.75) is 0 Å². The van der Waals surface area contributed by atoms with E-state index < -0.39 is 15.6 Å². The minimum atomic E-state index is -4.89. The average Bonchev–Trinajstić information content (AvgIpc) is 1.79. The van der Waals surface area contributed by atoms with Crippen LogP contribution in [0.3, 0.4) is 0 Å². The van der Waals surface area contributed by atoms with Crippen molar-refractivity contribution in [2.75, 3.05) is 13.1 Å². The van der Waals surface area contributed by atoms with Gasteiger partial charge in [0, 0.05) is 13.1 Å². The summed E-state index contributed by atoms with van der Waals surface area (Å²) >= 11 is 0. The fourth-order valence-corrected chi connectivity index (χ4v) is 0. The maximum absolute atomic E-state index is 8.77. The van der Waals surface area contributed by atoms with E-state index in [0.717, 1.165) is 0 Å². The second-order valence-corrected chi connectivity index (χ2v) is 3.52. The Kier molecular flexibility index (Phi) is 75.2. The maximum atomic E-state index is 8.77. The third-order valence-corrected chi connectivity index (χ3v) is 0.167. The van der Waals surface area contributed by atoms with Gasteiger partial charge in [-0.25, -0.2) is 0 Å². The Morgan fingerprint density at radius 2 is 0.842 bits per heavy atom. The van der Waals surface area contributed by atoms with Gasteiger partial charge in [0.1, 0.15) is 0 Å². The Morgan fingerprint density at radius 1 is 0.789 bits per heavy atom. The van der Waals surface area contributed by atoms with Gasteiger partial charge in [-0.2, -0.15) is 0 Å². The Morgan fingerprint density at radius 3 is 0.842 bits per heavy atom. The molecule has 0 aromatic heterocycles. The first-order chi connectivity index (χ1) is 5.91. The van der Waals surface area contributed by atoms with Gasteiger partial charge < -0.3 is 51.8 Å². The van der Waals surface area contributed by atoms with Crippen molar-refractivity contribution in [1.82, 2.24) is 0 Å². The molecule has 114 valence electrons. The normalized spacial score (nSPS) is 7.79. The second-order valence-electron chi connectivity index (χ2n) is 1.56. The van der Waals surface area contributed by atoms with E-state index >= 15 is 0 Å². The summed E-state index contributed by atoms with van der Waals surface area (Å²) in [5, 5.41) is 0. The second kappa shape index (κ2) is 28.8. The molecule has 0 fully saturated rings. The molecule has 0 unspecified atom stereocenters. The van der Waals surface area contributed by atoms with Gasteiger partial charge in [0.05, 0.1) is 0 Å². The third-order valence-electron chi connectivity index (χ3n) is 0.167. The smallest absolute Gasteiger partial charge is 0.870 e. The zero-order valence-electron chi connectivity index (χ0n) is 10.1. The van der Waals surface area contributed by atoms with Crippen molar-refractivity contribution in [3.05, 3.63) is 0 Å². The maximum Gasteiger partial charge on any atom is 2.00 e. The molecule has 0 aromatic rings. The standard InChI is InChI=1S/C2H8N2.2Na.2H3O4P.2H2O.Pt/c3-1-2-4;;;2*1-5(2,3)4;;;/h1-4H2;;;2*(H3,1,2,3,4);2*1H2;/q;2*+1;;;;;+2/p-4. The molecule has 0 saturated heterocycles. The Balaban J connectivity index is -0.0000000141. The van der Waals surface area contributed by atoms with Gasteiger partial charge in [-0.15, -0.1) is 0 Å². The van der Waals surface area contributed by atoms with E-state index in [1.54, 1.807) is 0 Å². The van der Waals surface area contributed by atoms with Gasteiger partial charge in [0.25, 0.3) is 15.6 Å². The number of rotatable bonds is 1. The molecule has 0 radical (unpaired) electrons. The largest absolute Gasteiger partial charge is 2.00 e. The molecular formula is C2H14N2Na2O10P2Pt. The van der Waals surface area contributed by atoms with Gasteiger partial charge in [-0.1, -0.05) is 0 Å². The number of phosphoric acid groups is 2.